The first-order valence-corrected chi connectivity index (χ1v) is 9.39. The third-order valence-corrected chi connectivity index (χ3v) is 5.90. The van der Waals surface area contributed by atoms with E-state index in [1.807, 2.05) is 29.6 Å². The van der Waals surface area contributed by atoms with Crippen molar-refractivity contribution in [1.29, 1.82) is 5.26 Å². The normalized spacial score (nSPS) is 11.8. The summed E-state index contributed by atoms with van der Waals surface area (Å²) in [4.78, 5) is 2.54. The van der Waals surface area contributed by atoms with Crippen molar-refractivity contribution in [3.05, 3.63) is 60.3 Å². The Kier molecular flexibility index (Phi) is 4.62. The molecule has 0 fully saturated rings. The molecular formula is C19H19N3O2S. The Hall–Kier alpha value is -2.62. The summed E-state index contributed by atoms with van der Waals surface area (Å²) >= 11 is 0. The second kappa shape index (κ2) is 6.71. The van der Waals surface area contributed by atoms with Crippen molar-refractivity contribution < 1.29 is 8.42 Å². The topological polar surface area (TPSA) is 66.1 Å². The second-order valence-corrected chi connectivity index (χ2v) is 8.07. The van der Waals surface area contributed by atoms with Crippen LogP contribution in [0.25, 0.3) is 10.9 Å². The summed E-state index contributed by atoms with van der Waals surface area (Å²) in [6.07, 6.45) is 1.68. The van der Waals surface area contributed by atoms with Gasteiger partial charge < -0.3 is 9.47 Å². The van der Waals surface area contributed by atoms with Crippen LogP contribution < -0.4 is 0 Å². The minimum Gasteiger partial charge on any atom is -0.345 e. The van der Waals surface area contributed by atoms with E-state index in [1.165, 1.54) is 0 Å². The maximum Gasteiger partial charge on any atom is 0.208 e. The molecule has 2 aromatic carbocycles. The molecule has 0 unspecified atom stereocenters. The molecule has 25 heavy (non-hydrogen) atoms. The van der Waals surface area contributed by atoms with Crippen LogP contribution in [0.5, 0.6) is 0 Å². The van der Waals surface area contributed by atoms with Crippen LogP contribution in [0.3, 0.4) is 0 Å². The van der Waals surface area contributed by atoms with Gasteiger partial charge in [-0.15, -0.1) is 0 Å². The van der Waals surface area contributed by atoms with Gasteiger partial charge in [-0.2, -0.15) is 5.26 Å². The molecule has 0 saturated heterocycles. The van der Waals surface area contributed by atoms with Crippen LogP contribution in [0.1, 0.15) is 5.56 Å². The SMILES string of the molecule is CN(C)CCn1cc(S(=O)(=O)c2ccccc2)c2cc(C#N)ccc21. The van der Waals surface area contributed by atoms with Crippen molar-refractivity contribution in [1.82, 2.24) is 9.47 Å². The molecule has 6 heteroatoms. The Labute approximate surface area is 147 Å². The Morgan fingerprint density at radius 2 is 1.84 bits per heavy atom. The lowest BCUT2D eigenvalue weighted by atomic mass is 10.2. The summed E-state index contributed by atoms with van der Waals surface area (Å²) in [6.45, 7) is 1.45. The monoisotopic (exact) mass is 353 g/mol. The molecule has 0 N–H and O–H groups in total. The Morgan fingerprint density at radius 1 is 1.12 bits per heavy atom. The number of hydrogen-bond acceptors (Lipinski definition) is 4. The van der Waals surface area contributed by atoms with Crippen molar-refractivity contribution in [2.24, 2.45) is 0 Å². The van der Waals surface area contributed by atoms with Crippen LogP contribution in [0.4, 0.5) is 0 Å². The highest BCUT2D eigenvalue weighted by molar-refractivity contribution is 7.91. The second-order valence-electron chi connectivity index (χ2n) is 6.15. The van der Waals surface area contributed by atoms with Gasteiger partial charge in [-0.05, 0) is 44.4 Å². The number of rotatable bonds is 5. The summed E-state index contributed by atoms with van der Waals surface area (Å²) in [5.74, 6) is 0. The van der Waals surface area contributed by atoms with Gasteiger partial charge in [0.2, 0.25) is 9.84 Å². The van der Waals surface area contributed by atoms with Gasteiger partial charge in [0.05, 0.1) is 21.4 Å². The number of nitrogens with zero attached hydrogens (tertiary/aromatic N) is 3. The zero-order chi connectivity index (χ0) is 18.0. The maximum atomic E-state index is 13.1. The number of nitriles is 1. The van der Waals surface area contributed by atoms with Crippen molar-refractivity contribution in [3.8, 4) is 6.07 Å². The first kappa shape index (κ1) is 17.2. The van der Waals surface area contributed by atoms with Gasteiger partial charge in [0.25, 0.3) is 0 Å². The summed E-state index contributed by atoms with van der Waals surface area (Å²) < 4.78 is 28.1. The van der Waals surface area contributed by atoms with E-state index >= 15 is 0 Å². The van der Waals surface area contributed by atoms with Crippen LogP contribution in [-0.4, -0.2) is 38.5 Å². The van der Waals surface area contributed by atoms with E-state index in [4.69, 9.17) is 0 Å². The lowest BCUT2D eigenvalue weighted by molar-refractivity contribution is 0.386. The van der Waals surface area contributed by atoms with Gasteiger partial charge in [-0.3, -0.25) is 0 Å². The number of likely N-dealkylation sites (N-methyl/N-ethyl adjacent to an activating group) is 1. The molecule has 0 aliphatic rings. The lowest BCUT2D eigenvalue weighted by Gasteiger charge is -2.11. The molecular weight excluding hydrogens is 334 g/mol. The van der Waals surface area contributed by atoms with E-state index in [1.54, 1.807) is 48.7 Å². The molecule has 0 bridgehead atoms. The average molecular weight is 353 g/mol. The summed E-state index contributed by atoms with van der Waals surface area (Å²) in [7, 11) is 0.294. The Morgan fingerprint density at radius 3 is 2.48 bits per heavy atom. The predicted molar refractivity (Wildman–Crippen MR) is 97.1 cm³/mol. The van der Waals surface area contributed by atoms with E-state index in [-0.39, 0.29) is 9.79 Å². The van der Waals surface area contributed by atoms with Gasteiger partial charge in [0, 0.05) is 30.2 Å². The Balaban J connectivity index is 2.22. The average Bonchev–Trinajstić information content (AvgIpc) is 2.99. The fourth-order valence-electron chi connectivity index (χ4n) is 2.77. The number of benzene rings is 2. The van der Waals surface area contributed by atoms with E-state index in [0.717, 1.165) is 12.1 Å². The number of fused-ring (bicyclic) bond motifs is 1. The van der Waals surface area contributed by atoms with Gasteiger partial charge in [0.15, 0.2) is 0 Å². The Bertz CT molecular complexity index is 1050. The molecule has 0 amide bonds. The highest BCUT2D eigenvalue weighted by atomic mass is 32.2. The molecule has 128 valence electrons. The first-order chi connectivity index (χ1) is 11.9. The summed E-state index contributed by atoms with van der Waals surface area (Å²) in [5.41, 5.74) is 1.26. The molecule has 5 nitrogen and oxygen atoms in total. The predicted octanol–water partition coefficient (Wildman–Crippen LogP) is 2.91. The number of hydrogen-bond donors (Lipinski definition) is 0. The number of aromatic nitrogens is 1. The fourth-order valence-corrected chi connectivity index (χ4v) is 4.26. The summed E-state index contributed by atoms with van der Waals surface area (Å²) in [5, 5.41) is 9.76. The molecule has 0 spiro atoms. The van der Waals surface area contributed by atoms with Crippen LogP contribution in [0.15, 0.2) is 64.5 Å². The van der Waals surface area contributed by atoms with Gasteiger partial charge in [-0.1, -0.05) is 18.2 Å². The standard InChI is InChI=1S/C19H19N3O2S/c1-21(2)10-11-22-14-19(17-12-15(13-20)8-9-18(17)22)25(23,24)16-6-4-3-5-7-16/h3-9,12,14H,10-11H2,1-2H3. The highest BCUT2D eigenvalue weighted by Crippen LogP contribution is 2.31. The van der Waals surface area contributed by atoms with Crippen molar-refractivity contribution in [2.45, 2.75) is 16.3 Å². The van der Waals surface area contributed by atoms with E-state index < -0.39 is 9.84 Å². The zero-order valence-corrected chi connectivity index (χ0v) is 15.0. The van der Waals surface area contributed by atoms with Crippen molar-refractivity contribution >= 4 is 20.7 Å². The smallest absolute Gasteiger partial charge is 0.208 e. The minimum atomic E-state index is -3.65. The molecule has 0 aliphatic heterocycles. The van der Waals surface area contributed by atoms with Crippen LogP contribution >= 0.6 is 0 Å². The fraction of sp³-hybridized carbons (Fsp3) is 0.211. The van der Waals surface area contributed by atoms with Crippen molar-refractivity contribution in [3.63, 3.8) is 0 Å². The largest absolute Gasteiger partial charge is 0.345 e. The molecule has 1 aromatic heterocycles. The minimum absolute atomic E-state index is 0.240. The van der Waals surface area contributed by atoms with Crippen LogP contribution in [-0.2, 0) is 16.4 Å². The number of sulfone groups is 1. The maximum absolute atomic E-state index is 13.1. The van der Waals surface area contributed by atoms with E-state index in [2.05, 4.69) is 6.07 Å². The molecule has 0 saturated carbocycles. The van der Waals surface area contributed by atoms with Crippen LogP contribution in [0.2, 0.25) is 0 Å². The highest BCUT2D eigenvalue weighted by Gasteiger charge is 2.23. The molecule has 0 aliphatic carbocycles. The van der Waals surface area contributed by atoms with Crippen molar-refractivity contribution in [2.75, 3.05) is 20.6 Å². The molecule has 0 atom stereocenters. The third kappa shape index (κ3) is 3.29. The van der Waals surface area contributed by atoms with Crippen LogP contribution in [0, 0.1) is 11.3 Å². The van der Waals surface area contributed by atoms with E-state index in [9.17, 15) is 13.7 Å². The zero-order valence-electron chi connectivity index (χ0n) is 14.2. The van der Waals surface area contributed by atoms with Gasteiger partial charge in [-0.25, -0.2) is 8.42 Å². The quantitative estimate of drug-likeness (QED) is 0.707. The van der Waals surface area contributed by atoms with E-state index in [0.29, 0.717) is 17.5 Å². The molecule has 1 heterocycles. The first-order valence-electron chi connectivity index (χ1n) is 7.91. The van der Waals surface area contributed by atoms with Gasteiger partial charge >= 0.3 is 0 Å². The molecule has 0 radical (unpaired) electrons. The lowest BCUT2D eigenvalue weighted by Crippen LogP contribution is -2.18. The van der Waals surface area contributed by atoms with Gasteiger partial charge in [0.1, 0.15) is 0 Å². The third-order valence-electron chi connectivity index (χ3n) is 4.10. The summed E-state index contributed by atoms with van der Waals surface area (Å²) in [6, 6.07) is 15.6. The molecule has 3 aromatic rings. The molecule has 3 rings (SSSR count).